The van der Waals surface area contributed by atoms with E-state index in [9.17, 15) is 9.59 Å². The third kappa shape index (κ3) is 3.38. The van der Waals surface area contributed by atoms with Crippen molar-refractivity contribution in [2.75, 3.05) is 0 Å². The molecule has 0 spiro atoms. The van der Waals surface area contributed by atoms with Gasteiger partial charge < -0.3 is 10.5 Å². The Morgan fingerprint density at radius 1 is 1.15 bits per heavy atom. The van der Waals surface area contributed by atoms with Gasteiger partial charge in [-0.05, 0) is 24.6 Å². The molecule has 6 heteroatoms. The molecule has 0 bridgehead atoms. The Balaban J connectivity index is 1.96. The van der Waals surface area contributed by atoms with Crippen LogP contribution >= 0.6 is 0 Å². The van der Waals surface area contributed by atoms with Gasteiger partial charge in [0.2, 0.25) is 5.91 Å². The quantitative estimate of drug-likeness (QED) is 0.844. The lowest BCUT2D eigenvalue weighted by molar-refractivity contribution is 0.0465. The third-order valence-corrected chi connectivity index (χ3v) is 2.60. The molecule has 0 fully saturated rings. The maximum absolute atomic E-state index is 11.7. The molecule has 0 radical (unpaired) electrons. The van der Waals surface area contributed by atoms with Gasteiger partial charge in [0, 0.05) is 11.8 Å². The van der Waals surface area contributed by atoms with Gasteiger partial charge in [0.15, 0.2) is 5.69 Å². The van der Waals surface area contributed by atoms with E-state index in [4.69, 9.17) is 10.5 Å². The second kappa shape index (κ2) is 5.92. The predicted molar refractivity (Wildman–Crippen MR) is 70.8 cm³/mol. The molecule has 2 N–H and O–H groups in total. The molecule has 1 heterocycles. The van der Waals surface area contributed by atoms with E-state index < -0.39 is 11.9 Å². The summed E-state index contributed by atoms with van der Waals surface area (Å²) in [6, 6.07) is 6.51. The number of rotatable bonds is 4. The number of primary amides is 1. The van der Waals surface area contributed by atoms with Gasteiger partial charge in [0.05, 0.1) is 11.9 Å². The maximum Gasteiger partial charge on any atom is 0.358 e. The predicted octanol–water partition coefficient (Wildman–Crippen LogP) is 1.24. The number of carbonyl (C=O) groups excluding carboxylic acids is 2. The highest BCUT2D eigenvalue weighted by Crippen LogP contribution is 2.07. The summed E-state index contributed by atoms with van der Waals surface area (Å²) in [5.41, 5.74) is 7.18. The van der Waals surface area contributed by atoms with E-state index >= 15 is 0 Å². The van der Waals surface area contributed by atoms with Crippen LogP contribution in [0.5, 0.6) is 0 Å². The van der Waals surface area contributed by atoms with Crippen molar-refractivity contribution in [2.24, 2.45) is 5.73 Å². The minimum Gasteiger partial charge on any atom is -0.456 e. The standard InChI is InChI=1S/C14H13N3O3/c1-9-6-17-12(7-16-9)14(19)20-8-10-2-4-11(5-3-10)13(15)18/h2-7H,8H2,1H3,(H2,15,18). The van der Waals surface area contributed by atoms with Crippen LogP contribution < -0.4 is 5.73 Å². The molecule has 2 rings (SSSR count). The van der Waals surface area contributed by atoms with Crippen molar-refractivity contribution in [1.82, 2.24) is 9.97 Å². The van der Waals surface area contributed by atoms with Crippen LogP contribution in [-0.2, 0) is 11.3 Å². The fourth-order valence-corrected chi connectivity index (χ4v) is 1.49. The molecule has 0 aliphatic heterocycles. The number of benzene rings is 1. The SMILES string of the molecule is Cc1cnc(C(=O)OCc2ccc(C(N)=O)cc2)cn1. The molecule has 2 aromatic rings. The van der Waals surface area contributed by atoms with Crippen LogP contribution in [0.1, 0.15) is 32.1 Å². The van der Waals surface area contributed by atoms with Crippen LogP contribution in [0.2, 0.25) is 0 Å². The molecule has 0 atom stereocenters. The highest BCUT2D eigenvalue weighted by Gasteiger charge is 2.09. The van der Waals surface area contributed by atoms with Crippen LogP contribution in [0.4, 0.5) is 0 Å². The lowest BCUT2D eigenvalue weighted by Gasteiger charge is -2.05. The summed E-state index contributed by atoms with van der Waals surface area (Å²) < 4.78 is 5.10. The summed E-state index contributed by atoms with van der Waals surface area (Å²) in [5, 5.41) is 0. The van der Waals surface area contributed by atoms with Crippen LogP contribution in [0.3, 0.4) is 0 Å². The largest absolute Gasteiger partial charge is 0.456 e. The van der Waals surface area contributed by atoms with Crippen LogP contribution in [0.25, 0.3) is 0 Å². The number of aromatic nitrogens is 2. The lowest BCUT2D eigenvalue weighted by Crippen LogP contribution is -2.11. The lowest BCUT2D eigenvalue weighted by atomic mass is 10.1. The van der Waals surface area contributed by atoms with E-state index in [-0.39, 0.29) is 12.3 Å². The average molecular weight is 271 g/mol. The number of carbonyl (C=O) groups is 2. The number of amides is 1. The highest BCUT2D eigenvalue weighted by molar-refractivity contribution is 5.92. The molecule has 0 aliphatic rings. The van der Waals surface area contributed by atoms with E-state index in [0.717, 1.165) is 11.3 Å². The Kier molecular flexibility index (Phi) is 4.05. The van der Waals surface area contributed by atoms with Crippen molar-refractivity contribution in [2.45, 2.75) is 13.5 Å². The van der Waals surface area contributed by atoms with E-state index in [1.54, 1.807) is 31.2 Å². The zero-order valence-electron chi connectivity index (χ0n) is 10.9. The summed E-state index contributed by atoms with van der Waals surface area (Å²) in [4.78, 5) is 30.5. The first-order valence-corrected chi connectivity index (χ1v) is 5.91. The van der Waals surface area contributed by atoms with Gasteiger partial charge in [-0.15, -0.1) is 0 Å². The Morgan fingerprint density at radius 3 is 2.40 bits per heavy atom. The second-order valence-corrected chi connectivity index (χ2v) is 4.18. The highest BCUT2D eigenvalue weighted by atomic mass is 16.5. The smallest absolute Gasteiger partial charge is 0.358 e. The first kappa shape index (κ1) is 13.7. The van der Waals surface area contributed by atoms with E-state index in [1.807, 2.05) is 0 Å². The van der Waals surface area contributed by atoms with Crippen molar-refractivity contribution in [1.29, 1.82) is 0 Å². The molecule has 0 saturated heterocycles. The van der Waals surface area contributed by atoms with Gasteiger partial charge in [0.1, 0.15) is 6.61 Å². The van der Waals surface area contributed by atoms with Crippen LogP contribution in [-0.4, -0.2) is 21.8 Å². The molecule has 0 aliphatic carbocycles. The summed E-state index contributed by atoms with van der Waals surface area (Å²) in [5.74, 6) is -1.04. The van der Waals surface area contributed by atoms with Crippen LogP contribution in [0.15, 0.2) is 36.7 Å². The molecule has 1 amide bonds. The molecule has 6 nitrogen and oxygen atoms in total. The number of esters is 1. The summed E-state index contributed by atoms with van der Waals surface area (Å²) in [6.45, 7) is 1.87. The molecular formula is C14H13N3O3. The number of nitrogens with two attached hydrogens (primary N) is 1. The van der Waals surface area contributed by atoms with Gasteiger partial charge in [-0.2, -0.15) is 0 Å². The first-order chi connectivity index (χ1) is 9.56. The molecular weight excluding hydrogens is 258 g/mol. The summed E-state index contributed by atoms with van der Waals surface area (Å²) in [7, 11) is 0. The fraction of sp³-hybridized carbons (Fsp3) is 0.143. The Labute approximate surface area is 115 Å². The van der Waals surface area contributed by atoms with Gasteiger partial charge in [-0.25, -0.2) is 9.78 Å². The first-order valence-electron chi connectivity index (χ1n) is 5.91. The third-order valence-electron chi connectivity index (χ3n) is 2.60. The molecule has 20 heavy (non-hydrogen) atoms. The van der Waals surface area contributed by atoms with Crippen molar-refractivity contribution in [3.8, 4) is 0 Å². The normalized spacial score (nSPS) is 10.1. The zero-order valence-corrected chi connectivity index (χ0v) is 10.9. The maximum atomic E-state index is 11.7. The second-order valence-electron chi connectivity index (χ2n) is 4.18. The Bertz CT molecular complexity index is 621. The van der Waals surface area contributed by atoms with E-state index in [2.05, 4.69) is 9.97 Å². The van der Waals surface area contributed by atoms with Gasteiger partial charge >= 0.3 is 5.97 Å². The number of ether oxygens (including phenoxy) is 1. The average Bonchev–Trinajstić information content (AvgIpc) is 2.46. The van der Waals surface area contributed by atoms with E-state index in [0.29, 0.717) is 5.56 Å². The summed E-state index contributed by atoms with van der Waals surface area (Å²) >= 11 is 0. The monoisotopic (exact) mass is 271 g/mol. The number of aryl methyl sites for hydroxylation is 1. The molecule has 1 aromatic heterocycles. The van der Waals surface area contributed by atoms with Crippen molar-refractivity contribution < 1.29 is 14.3 Å². The molecule has 1 aromatic carbocycles. The minimum absolute atomic E-state index is 0.0907. The molecule has 0 unspecified atom stereocenters. The number of hydrogen-bond donors (Lipinski definition) is 1. The zero-order chi connectivity index (χ0) is 14.5. The van der Waals surface area contributed by atoms with Crippen molar-refractivity contribution in [3.63, 3.8) is 0 Å². The number of hydrogen-bond acceptors (Lipinski definition) is 5. The van der Waals surface area contributed by atoms with Crippen LogP contribution in [0, 0.1) is 6.92 Å². The van der Waals surface area contributed by atoms with Crippen molar-refractivity contribution in [3.05, 3.63) is 59.2 Å². The number of nitrogens with zero attached hydrogens (tertiary/aromatic N) is 2. The van der Waals surface area contributed by atoms with Crippen molar-refractivity contribution >= 4 is 11.9 Å². The topological polar surface area (TPSA) is 95.2 Å². The summed E-state index contributed by atoms with van der Waals surface area (Å²) in [6.07, 6.45) is 2.87. The molecule has 102 valence electrons. The Morgan fingerprint density at radius 2 is 1.85 bits per heavy atom. The van der Waals surface area contributed by atoms with E-state index in [1.165, 1.54) is 12.4 Å². The van der Waals surface area contributed by atoms with Gasteiger partial charge in [-0.3, -0.25) is 9.78 Å². The van der Waals surface area contributed by atoms with Gasteiger partial charge in [0.25, 0.3) is 0 Å². The Hall–Kier alpha value is -2.76. The minimum atomic E-state index is -0.545. The van der Waals surface area contributed by atoms with Gasteiger partial charge in [-0.1, -0.05) is 12.1 Å². The fourth-order valence-electron chi connectivity index (χ4n) is 1.49. The molecule has 0 saturated carbocycles.